The van der Waals surface area contributed by atoms with Gasteiger partial charge in [0.2, 0.25) is 0 Å². The maximum atomic E-state index is 11.8. The molecule has 0 fully saturated rings. The lowest BCUT2D eigenvalue weighted by atomic mass is 10.0. The van der Waals surface area contributed by atoms with E-state index in [9.17, 15) is 9.59 Å². The van der Waals surface area contributed by atoms with Crippen LogP contribution in [-0.2, 0) is 4.79 Å². The predicted molar refractivity (Wildman–Crippen MR) is 69.0 cm³/mol. The van der Waals surface area contributed by atoms with Gasteiger partial charge in [0.1, 0.15) is 5.76 Å². The Labute approximate surface area is 112 Å². The number of carboxylic acids is 1. The van der Waals surface area contributed by atoms with Gasteiger partial charge in [0.15, 0.2) is 5.69 Å². The molecule has 0 aliphatic rings. The van der Waals surface area contributed by atoms with Gasteiger partial charge >= 0.3 is 5.97 Å². The summed E-state index contributed by atoms with van der Waals surface area (Å²) in [4.78, 5) is 22.7. The van der Waals surface area contributed by atoms with Crippen LogP contribution in [-0.4, -0.2) is 28.7 Å². The Morgan fingerprint density at radius 1 is 1.47 bits per heavy atom. The highest BCUT2D eigenvalue weighted by atomic mass is 16.5. The van der Waals surface area contributed by atoms with Gasteiger partial charge in [0.25, 0.3) is 5.91 Å². The van der Waals surface area contributed by atoms with Crippen LogP contribution in [0.2, 0.25) is 0 Å². The SMILES string of the molecule is CCCC(CNC(=O)c1cc(C(C)C)on1)C(=O)O. The topological polar surface area (TPSA) is 92.4 Å². The quantitative estimate of drug-likeness (QED) is 0.789. The van der Waals surface area contributed by atoms with Crippen LogP contribution in [0.1, 0.15) is 55.8 Å². The molecule has 0 aromatic carbocycles. The van der Waals surface area contributed by atoms with E-state index in [1.54, 1.807) is 6.07 Å². The van der Waals surface area contributed by atoms with Crippen LogP contribution in [0, 0.1) is 5.92 Å². The van der Waals surface area contributed by atoms with Crippen molar-refractivity contribution >= 4 is 11.9 Å². The fourth-order valence-electron chi connectivity index (χ4n) is 1.64. The molecule has 1 amide bonds. The zero-order valence-corrected chi connectivity index (χ0v) is 11.5. The highest BCUT2D eigenvalue weighted by Gasteiger charge is 2.19. The maximum Gasteiger partial charge on any atom is 0.308 e. The van der Waals surface area contributed by atoms with Gasteiger partial charge in [-0.3, -0.25) is 9.59 Å². The summed E-state index contributed by atoms with van der Waals surface area (Å²) in [7, 11) is 0. The molecule has 106 valence electrons. The van der Waals surface area contributed by atoms with Crippen LogP contribution in [0.4, 0.5) is 0 Å². The molecule has 1 heterocycles. The molecule has 0 bridgehead atoms. The average Bonchev–Trinajstić information content (AvgIpc) is 2.83. The maximum absolute atomic E-state index is 11.8. The van der Waals surface area contributed by atoms with Crippen LogP contribution in [0.25, 0.3) is 0 Å². The number of hydrogen-bond acceptors (Lipinski definition) is 4. The van der Waals surface area contributed by atoms with E-state index in [1.807, 2.05) is 20.8 Å². The number of carboxylic acid groups (broad SMARTS) is 1. The van der Waals surface area contributed by atoms with Crippen molar-refractivity contribution in [2.24, 2.45) is 5.92 Å². The fraction of sp³-hybridized carbons (Fsp3) is 0.615. The van der Waals surface area contributed by atoms with E-state index in [-0.39, 0.29) is 18.2 Å². The molecule has 0 spiro atoms. The molecular formula is C13H20N2O4. The number of amides is 1. The molecule has 1 aromatic rings. The zero-order valence-electron chi connectivity index (χ0n) is 11.5. The normalized spacial score (nSPS) is 12.4. The second-order valence-electron chi connectivity index (χ2n) is 4.80. The number of nitrogens with zero attached hydrogens (tertiary/aromatic N) is 1. The molecule has 0 saturated heterocycles. The minimum Gasteiger partial charge on any atom is -0.481 e. The first-order valence-corrected chi connectivity index (χ1v) is 6.43. The molecule has 0 saturated carbocycles. The molecule has 1 aromatic heterocycles. The molecule has 19 heavy (non-hydrogen) atoms. The highest BCUT2D eigenvalue weighted by molar-refractivity contribution is 5.92. The Kier molecular flexibility index (Phi) is 5.54. The van der Waals surface area contributed by atoms with Crippen molar-refractivity contribution in [2.45, 2.75) is 39.5 Å². The van der Waals surface area contributed by atoms with Crippen LogP contribution in [0.5, 0.6) is 0 Å². The number of carbonyl (C=O) groups excluding carboxylic acids is 1. The third kappa shape index (κ3) is 4.39. The first-order chi connectivity index (χ1) is 8.95. The van der Waals surface area contributed by atoms with E-state index in [1.165, 1.54) is 0 Å². The summed E-state index contributed by atoms with van der Waals surface area (Å²) >= 11 is 0. The van der Waals surface area contributed by atoms with Gasteiger partial charge in [0, 0.05) is 18.5 Å². The molecule has 2 N–H and O–H groups in total. The van der Waals surface area contributed by atoms with Gasteiger partial charge in [-0.2, -0.15) is 0 Å². The van der Waals surface area contributed by atoms with E-state index in [0.29, 0.717) is 12.2 Å². The zero-order chi connectivity index (χ0) is 14.4. The summed E-state index contributed by atoms with van der Waals surface area (Å²) in [6.45, 7) is 5.88. The average molecular weight is 268 g/mol. The molecule has 6 heteroatoms. The summed E-state index contributed by atoms with van der Waals surface area (Å²) in [6.07, 6.45) is 1.29. The van der Waals surface area contributed by atoms with Crippen LogP contribution >= 0.6 is 0 Å². The van der Waals surface area contributed by atoms with Crippen LogP contribution in [0.3, 0.4) is 0 Å². The summed E-state index contributed by atoms with van der Waals surface area (Å²) in [5.41, 5.74) is 0.185. The van der Waals surface area contributed by atoms with E-state index >= 15 is 0 Å². The largest absolute Gasteiger partial charge is 0.481 e. The summed E-state index contributed by atoms with van der Waals surface area (Å²) in [6, 6.07) is 1.58. The first kappa shape index (κ1) is 15.2. The summed E-state index contributed by atoms with van der Waals surface area (Å²) in [5, 5.41) is 15.2. The number of aliphatic carboxylic acids is 1. The van der Waals surface area contributed by atoms with Gasteiger partial charge in [-0.15, -0.1) is 0 Å². The molecule has 1 atom stereocenters. The minimum atomic E-state index is -0.898. The molecule has 0 aliphatic carbocycles. The van der Waals surface area contributed by atoms with Crippen molar-refractivity contribution in [1.29, 1.82) is 0 Å². The Balaban J connectivity index is 2.56. The predicted octanol–water partition coefficient (Wildman–Crippen LogP) is 2.03. The van der Waals surface area contributed by atoms with Crippen molar-refractivity contribution in [1.82, 2.24) is 10.5 Å². The molecule has 0 aliphatic heterocycles. The number of aromatic nitrogens is 1. The van der Waals surface area contributed by atoms with Crippen molar-refractivity contribution in [3.63, 3.8) is 0 Å². The van der Waals surface area contributed by atoms with Gasteiger partial charge in [0.05, 0.1) is 5.92 Å². The third-order valence-corrected chi connectivity index (χ3v) is 2.83. The Morgan fingerprint density at radius 3 is 2.63 bits per heavy atom. The molecular weight excluding hydrogens is 248 g/mol. The second kappa shape index (κ2) is 6.92. The van der Waals surface area contributed by atoms with Crippen molar-refractivity contribution < 1.29 is 19.2 Å². The van der Waals surface area contributed by atoms with Crippen molar-refractivity contribution in [2.75, 3.05) is 6.54 Å². The smallest absolute Gasteiger partial charge is 0.308 e. The lowest BCUT2D eigenvalue weighted by Gasteiger charge is -2.11. The van der Waals surface area contributed by atoms with E-state index in [2.05, 4.69) is 10.5 Å². The van der Waals surface area contributed by atoms with Gasteiger partial charge in [-0.05, 0) is 6.42 Å². The highest BCUT2D eigenvalue weighted by Crippen LogP contribution is 2.15. The number of hydrogen-bond donors (Lipinski definition) is 2. The van der Waals surface area contributed by atoms with E-state index < -0.39 is 17.8 Å². The number of carbonyl (C=O) groups is 2. The van der Waals surface area contributed by atoms with Crippen LogP contribution < -0.4 is 5.32 Å². The van der Waals surface area contributed by atoms with Crippen molar-refractivity contribution in [3.8, 4) is 0 Å². The molecule has 6 nitrogen and oxygen atoms in total. The molecule has 0 radical (unpaired) electrons. The Hall–Kier alpha value is -1.85. The third-order valence-electron chi connectivity index (χ3n) is 2.83. The van der Waals surface area contributed by atoms with Gasteiger partial charge in [-0.1, -0.05) is 32.3 Å². The summed E-state index contributed by atoms with van der Waals surface area (Å²) in [5.74, 6) is -1.08. The lowest BCUT2D eigenvalue weighted by Crippen LogP contribution is -2.33. The summed E-state index contributed by atoms with van der Waals surface area (Å²) < 4.78 is 5.02. The van der Waals surface area contributed by atoms with Crippen LogP contribution in [0.15, 0.2) is 10.6 Å². The molecule has 1 unspecified atom stereocenters. The van der Waals surface area contributed by atoms with Crippen molar-refractivity contribution in [3.05, 3.63) is 17.5 Å². The van der Waals surface area contributed by atoms with Gasteiger partial charge in [-0.25, -0.2) is 0 Å². The minimum absolute atomic E-state index is 0.103. The number of rotatable bonds is 7. The van der Waals surface area contributed by atoms with E-state index in [4.69, 9.17) is 9.63 Å². The Morgan fingerprint density at radius 2 is 2.16 bits per heavy atom. The molecule has 1 rings (SSSR count). The fourth-order valence-corrected chi connectivity index (χ4v) is 1.64. The van der Waals surface area contributed by atoms with Gasteiger partial charge < -0.3 is 14.9 Å². The lowest BCUT2D eigenvalue weighted by molar-refractivity contribution is -0.141. The standard InChI is InChI=1S/C13H20N2O4/c1-4-5-9(13(17)18)7-14-12(16)10-6-11(8(2)3)19-15-10/h6,8-9H,4-5,7H2,1-3H3,(H,14,16)(H,17,18). The Bertz CT molecular complexity index is 440. The monoisotopic (exact) mass is 268 g/mol. The van der Waals surface area contributed by atoms with E-state index in [0.717, 1.165) is 6.42 Å². The first-order valence-electron chi connectivity index (χ1n) is 6.43. The second-order valence-corrected chi connectivity index (χ2v) is 4.80. The number of nitrogens with one attached hydrogen (secondary N) is 1.